The summed E-state index contributed by atoms with van der Waals surface area (Å²) in [6, 6.07) is 17.7. The van der Waals surface area contributed by atoms with Crippen molar-refractivity contribution in [1.82, 2.24) is 4.98 Å². The van der Waals surface area contributed by atoms with E-state index in [-0.39, 0.29) is 5.69 Å². The third-order valence-corrected chi connectivity index (χ3v) is 3.46. The van der Waals surface area contributed by atoms with Crippen LogP contribution in [0.1, 0.15) is 11.3 Å². The normalized spacial score (nSPS) is 10.2. The van der Waals surface area contributed by atoms with Gasteiger partial charge in [-0.15, -0.1) is 0 Å². The number of nitro benzene ring substituents is 1. The molecule has 1 N–H and O–H groups in total. The topological polar surface area (TPSA) is 91.8 Å². The minimum Gasteiger partial charge on any atom is -0.380 e. The van der Waals surface area contributed by atoms with E-state index in [1.165, 1.54) is 12.1 Å². The van der Waals surface area contributed by atoms with Gasteiger partial charge in [0.15, 0.2) is 0 Å². The van der Waals surface area contributed by atoms with Crippen LogP contribution in [0.5, 0.6) is 0 Å². The molecule has 3 rings (SSSR count). The van der Waals surface area contributed by atoms with Gasteiger partial charge in [-0.25, -0.2) is 4.98 Å². The van der Waals surface area contributed by atoms with Crippen LogP contribution in [0.4, 0.5) is 11.4 Å². The highest BCUT2D eigenvalue weighted by Gasteiger charge is 2.07. The van der Waals surface area contributed by atoms with E-state index in [1.807, 2.05) is 24.3 Å². The summed E-state index contributed by atoms with van der Waals surface area (Å²) in [6.07, 6.45) is 0. The van der Waals surface area contributed by atoms with Gasteiger partial charge in [0, 0.05) is 29.8 Å². The molecular weight excluding hydrogens is 292 g/mol. The molecule has 2 aromatic carbocycles. The van der Waals surface area contributed by atoms with Crippen molar-refractivity contribution in [3.05, 3.63) is 76.0 Å². The van der Waals surface area contributed by atoms with Gasteiger partial charge in [0.2, 0.25) is 0 Å². The standard InChI is InChI=1S/C17H12N4O2/c18-10-13-9-17(15-3-1-2-4-16(15)20-13)19-11-12-5-7-14(8-6-12)21(22)23/h1-9H,11H2,(H,19,20). The predicted octanol–water partition coefficient (Wildman–Crippen LogP) is 3.63. The molecule has 6 heteroatoms. The molecule has 0 aliphatic carbocycles. The van der Waals surface area contributed by atoms with Crippen molar-refractivity contribution in [2.75, 3.05) is 5.32 Å². The Bertz CT molecular complexity index is 914. The van der Waals surface area contributed by atoms with Gasteiger partial charge in [-0.05, 0) is 17.7 Å². The molecule has 0 atom stereocenters. The van der Waals surface area contributed by atoms with Crippen LogP contribution in [-0.4, -0.2) is 9.91 Å². The van der Waals surface area contributed by atoms with Crippen LogP contribution < -0.4 is 5.32 Å². The van der Waals surface area contributed by atoms with Crippen LogP contribution in [-0.2, 0) is 6.54 Å². The summed E-state index contributed by atoms with van der Waals surface area (Å²) in [7, 11) is 0. The van der Waals surface area contributed by atoms with Crippen molar-refractivity contribution in [3.63, 3.8) is 0 Å². The SMILES string of the molecule is N#Cc1cc(NCc2ccc([N+](=O)[O-])cc2)c2ccccc2n1. The molecular formula is C17H12N4O2. The van der Waals surface area contributed by atoms with Crippen molar-refractivity contribution in [3.8, 4) is 6.07 Å². The van der Waals surface area contributed by atoms with E-state index < -0.39 is 4.92 Å². The van der Waals surface area contributed by atoms with Crippen LogP contribution in [0.25, 0.3) is 10.9 Å². The molecule has 0 spiro atoms. The quantitative estimate of drug-likeness (QED) is 0.587. The van der Waals surface area contributed by atoms with Crippen molar-refractivity contribution in [1.29, 1.82) is 5.26 Å². The second kappa shape index (κ2) is 6.12. The lowest BCUT2D eigenvalue weighted by molar-refractivity contribution is -0.384. The summed E-state index contributed by atoms with van der Waals surface area (Å²) in [5.41, 5.74) is 2.88. The number of anilines is 1. The fraction of sp³-hybridized carbons (Fsp3) is 0.0588. The van der Waals surface area contributed by atoms with Crippen LogP contribution in [0.15, 0.2) is 54.6 Å². The summed E-state index contributed by atoms with van der Waals surface area (Å²) in [5, 5.41) is 23.9. The fourth-order valence-electron chi connectivity index (χ4n) is 2.31. The molecule has 0 fully saturated rings. The molecule has 6 nitrogen and oxygen atoms in total. The summed E-state index contributed by atoms with van der Waals surface area (Å²) >= 11 is 0. The molecule has 0 bridgehead atoms. The number of pyridine rings is 1. The first-order valence-corrected chi connectivity index (χ1v) is 6.94. The van der Waals surface area contributed by atoms with Crippen molar-refractivity contribution < 1.29 is 4.92 Å². The smallest absolute Gasteiger partial charge is 0.269 e. The molecule has 1 aromatic heterocycles. The Kier molecular flexibility index (Phi) is 3.85. The average Bonchev–Trinajstić information content (AvgIpc) is 2.59. The molecule has 0 saturated heterocycles. The van der Waals surface area contributed by atoms with Gasteiger partial charge in [0.1, 0.15) is 11.8 Å². The summed E-state index contributed by atoms with van der Waals surface area (Å²) in [6.45, 7) is 0.497. The first-order chi connectivity index (χ1) is 11.2. The maximum Gasteiger partial charge on any atom is 0.269 e. The number of hydrogen-bond donors (Lipinski definition) is 1. The first-order valence-electron chi connectivity index (χ1n) is 6.94. The average molecular weight is 304 g/mol. The van der Waals surface area contributed by atoms with Gasteiger partial charge in [0.05, 0.1) is 10.4 Å². The Labute approximate surface area is 132 Å². The number of nitro groups is 1. The first kappa shape index (κ1) is 14.5. The zero-order chi connectivity index (χ0) is 16.2. The summed E-state index contributed by atoms with van der Waals surface area (Å²) < 4.78 is 0. The lowest BCUT2D eigenvalue weighted by Gasteiger charge is -2.10. The minimum atomic E-state index is -0.424. The van der Waals surface area contributed by atoms with E-state index >= 15 is 0 Å². The third-order valence-electron chi connectivity index (χ3n) is 3.46. The Morgan fingerprint density at radius 3 is 2.61 bits per heavy atom. The molecule has 0 saturated carbocycles. The summed E-state index contributed by atoms with van der Waals surface area (Å²) in [4.78, 5) is 14.5. The number of aromatic nitrogens is 1. The number of nitrogens with one attached hydrogen (secondary N) is 1. The van der Waals surface area contributed by atoms with Gasteiger partial charge in [0.25, 0.3) is 5.69 Å². The largest absolute Gasteiger partial charge is 0.380 e. The summed E-state index contributed by atoms with van der Waals surface area (Å²) in [5.74, 6) is 0. The Hall–Kier alpha value is -3.46. The number of non-ortho nitro benzene ring substituents is 1. The molecule has 23 heavy (non-hydrogen) atoms. The highest BCUT2D eigenvalue weighted by molar-refractivity contribution is 5.91. The monoisotopic (exact) mass is 304 g/mol. The Balaban J connectivity index is 1.86. The predicted molar refractivity (Wildman–Crippen MR) is 86.9 cm³/mol. The highest BCUT2D eigenvalue weighted by atomic mass is 16.6. The molecule has 0 amide bonds. The van der Waals surface area contributed by atoms with Gasteiger partial charge >= 0.3 is 0 Å². The zero-order valence-electron chi connectivity index (χ0n) is 12.1. The lowest BCUT2D eigenvalue weighted by atomic mass is 10.1. The highest BCUT2D eigenvalue weighted by Crippen LogP contribution is 2.23. The fourth-order valence-corrected chi connectivity index (χ4v) is 2.31. The van der Waals surface area contributed by atoms with Crippen LogP contribution in [0, 0.1) is 21.4 Å². The van der Waals surface area contributed by atoms with Crippen molar-refractivity contribution >= 4 is 22.3 Å². The number of nitrogens with zero attached hydrogens (tertiary/aromatic N) is 3. The number of fused-ring (bicyclic) bond motifs is 1. The van der Waals surface area contributed by atoms with Crippen molar-refractivity contribution in [2.24, 2.45) is 0 Å². The number of rotatable bonds is 4. The van der Waals surface area contributed by atoms with E-state index in [9.17, 15) is 10.1 Å². The van der Waals surface area contributed by atoms with E-state index in [0.29, 0.717) is 12.2 Å². The van der Waals surface area contributed by atoms with Gasteiger partial charge in [-0.2, -0.15) is 5.26 Å². The molecule has 0 unspecified atom stereocenters. The van der Waals surface area contributed by atoms with Crippen LogP contribution >= 0.6 is 0 Å². The second-order valence-electron chi connectivity index (χ2n) is 4.96. The number of nitriles is 1. The maximum absolute atomic E-state index is 10.7. The van der Waals surface area contributed by atoms with E-state index in [4.69, 9.17) is 5.26 Å². The molecule has 0 aliphatic heterocycles. The van der Waals surface area contributed by atoms with Crippen LogP contribution in [0.2, 0.25) is 0 Å². The number of para-hydroxylation sites is 1. The van der Waals surface area contributed by atoms with E-state index in [1.54, 1.807) is 18.2 Å². The zero-order valence-corrected chi connectivity index (χ0v) is 12.1. The van der Waals surface area contributed by atoms with Gasteiger partial charge < -0.3 is 5.32 Å². The minimum absolute atomic E-state index is 0.0647. The number of hydrogen-bond acceptors (Lipinski definition) is 5. The lowest BCUT2D eigenvalue weighted by Crippen LogP contribution is -2.01. The Morgan fingerprint density at radius 1 is 1.17 bits per heavy atom. The van der Waals surface area contributed by atoms with E-state index in [2.05, 4.69) is 16.4 Å². The number of benzene rings is 2. The maximum atomic E-state index is 10.7. The van der Waals surface area contributed by atoms with Gasteiger partial charge in [-0.3, -0.25) is 10.1 Å². The molecule has 112 valence electrons. The molecule has 1 heterocycles. The Morgan fingerprint density at radius 2 is 1.91 bits per heavy atom. The van der Waals surface area contributed by atoms with Crippen molar-refractivity contribution in [2.45, 2.75) is 6.54 Å². The molecule has 0 aliphatic rings. The molecule has 0 radical (unpaired) electrons. The second-order valence-corrected chi connectivity index (χ2v) is 4.96. The van der Waals surface area contributed by atoms with Gasteiger partial charge in [-0.1, -0.05) is 30.3 Å². The molecule has 3 aromatic rings. The third kappa shape index (κ3) is 3.09. The van der Waals surface area contributed by atoms with Crippen LogP contribution in [0.3, 0.4) is 0 Å². The van der Waals surface area contributed by atoms with E-state index in [0.717, 1.165) is 22.2 Å².